The average Bonchev–Trinajstić information content (AvgIpc) is 3.30. The summed E-state index contributed by atoms with van der Waals surface area (Å²) in [5, 5.41) is 9.56. The summed E-state index contributed by atoms with van der Waals surface area (Å²) < 4.78 is 0. The van der Waals surface area contributed by atoms with Crippen LogP contribution in [-0.4, -0.2) is 29.9 Å². The van der Waals surface area contributed by atoms with Crippen LogP contribution in [0.3, 0.4) is 0 Å². The van der Waals surface area contributed by atoms with Gasteiger partial charge in [0, 0.05) is 24.5 Å². The van der Waals surface area contributed by atoms with Crippen molar-refractivity contribution in [1.82, 2.24) is 10.6 Å². The Bertz CT molecular complexity index is 635. The zero-order valence-corrected chi connectivity index (χ0v) is 15.1. The first-order chi connectivity index (χ1) is 11.7. The molecular formula is C19H26ClN3O2. The molecule has 3 aliphatic rings. The number of rotatable bonds is 5. The van der Waals surface area contributed by atoms with E-state index in [0.717, 1.165) is 25.7 Å². The van der Waals surface area contributed by atoms with E-state index >= 15 is 0 Å². The number of hydrogen-bond donors (Lipinski definition) is 3. The first-order valence-electron chi connectivity index (χ1n) is 9.13. The van der Waals surface area contributed by atoms with Gasteiger partial charge in [-0.05, 0) is 56.6 Å². The zero-order chi connectivity index (χ0) is 16.5. The van der Waals surface area contributed by atoms with Crippen LogP contribution in [0.4, 0.5) is 5.69 Å². The third-order valence-electron chi connectivity index (χ3n) is 5.40. The highest BCUT2D eigenvalue weighted by molar-refractivity contribution is 6.03. The van der Waals surface area contributed by atoms with Gasteiger partial charge in [-0.3, -0.25) is 9.59 Å². The molecule has 1 aromatic carbocycles. The van der Waals surface area contributed by atoms with Crippen molar-refractivity contribution in [3.05, 3.63) is 29.8 Å². The molecule has 0 aromatic heterocycles. The number of carbonyl (C=O) groups is 2. The first-order valence-corrected chi connectivity index (χ1v) is 9.13. The minimum atomic E-state index is -0.0895. The minimum Gasteiger partial charge on any atom is -0.349 e. The third-order valence-corrected chi connectivity index (χ3v) is 5.40. The van der Waals surface area contributed by atoms with E-state index in [9.17, 15) is 9.59 Å². The largest absolute Gasteiger partial charge is 0.349 e. The number of benzene rings is 1. The highest BCUT2D eigenvalue weighted by atomic mass is 35.5. The van der Waals surface area contributed by atoms with Crippen LogP contribution in [0.25, 0.3) is 0 Å². The van der Waals surface area contributed by atoms with Crippen molar-refractivity contribution in [2.45, 2.75) is 63.1 Å². The Morgan fingerprint density at radius 3 is 2.40 bits per heavy atom. The number of nitrogens with one attached hydrogen (secondary N) is 3. The standard InChI is InChI=1S/C19H25N3O2.ClH/c23-18(11-12-9-14-7-8-15(10-12)20-14)22-17-4-2-1-3-16(17)19(24)21-13-5-6-13;/h1-4,12-15,20H,5-11H2,(H,21,24)(H,22,23);1H. The van der Waals surface area contributed by atoms with Gasteiger partial charge >= 0.3 is 0 Å². The highest BCUT2D eigenvalue weighted by Crippen LogP contribution is 2.33. The van der Waals surface area contributed by atoms with E-state index in [0.29, 0.717) is 41.7 Å². The van der Waals surface area contributed by atoms with Crippen LogP contribution in [-0.2, 0) is 4.79 Å². The quantitative estimate of drug-likeness (QED) is 0.753. The minimum absolute atomic E-state index is 0. The molecule has 2 unspecified atom stereocenters. The molecule has 2 heterocycles. The molecule has 2 amide bonds. The lowest BCUT2D eigenvalue weighted by atomic mass is 9.89. The second-order valence-electron chi connectivity index (χ2n) is 7.52. The van der Waals surface area contributed by atoms with Crippen molar-refractivity contribution in [3.8, 4) is 0 Å². The molecular weight excluding hydrogens is 338 g/mol. The lowest BCUT2D eigenvalue weighted by molar-refractivity contribution is -0.117. The van der Waals surface area contributed by atoms with E-state index in [1.807, 2.05) is 18.2 Å². The Balaban J connectivity index is 0.00000182. The Labute approximate surface area is 154 Å². The number of anilines is 1. The van der Waals surface area contributed by atoms with Crippen LogP contribution in [0, 0.1) is 5.92 Å². The Hall–Kier alpha value is -1.59. The lowest BCUT2D eigenvalue weighted by Gasteiger charge is -2.28. The molecule has 1 saturated carbocycles. The zero-order valence-electron chi connectivity index (χ0n) is 14.3. The van der Waals surface area contributed by atoms with Gasteiger partial charge in [0.2, 0.25) is 5.91 Å². The molecule has 4 rings (SSSR count). The van der Waals surface area contributed by atoms with Crippen LogP contribution in [0.1, 0.15) is 55.3 Å². The fraction of sp³-hybridized carbons (Fsp3) is 0.579. The predicted octanol–water partition coefficient (Wildman–Crippen LogP) is 2.86. The van der Waals surface area contributed by atoms with Gasteiger partial charge in [0.1, 0.15) is 0 Å². The molecule has 5 nitrogen and oxygen atoms in total. The Morgan fingerprint density at radius 1 is 1.04 bits per heavy atom. The summed E-state index contributed by atoms with van der Waals surface area (Å²) in [5.41, 5.74) is 1.18. The summed E-state index contributed by atoms with van der Waals surface area (Å²) in [6, 6.07) is 8.78. The van der Waals surface area contributed by atoms with E-state index in [1.165, 1.54) is 12.8 Å². The molecule has 2 aliphatic heterocycles. The molecule has 2 saturated heterocycles. The fourth-order valence-electron chi connectivity index (χ4n) is 4.09. The van der Waals surface area contributed by atoms with Gasteiger partial charge in [-0.1, -0.05) is 12.1 Å². The second-order valence-corrected chi connectivity index (χ2v) is 7.52. The van der Waals surface area contributed by atoms with Crippen LogP contribution < -0.4 is 16.0 Å². The molecule has 1 aromatic rings. The van der Waals surface area contributed by atoms with Crippen LogP contribution in [0.5, 0.6) is 0 Å². The number of piperidine rings is 1. The smallest absolute Gasteiger partial charge is 0.253 e. The maximum Gasteiger partial charge on any atom is 0.253 e. The van der Waals surface area contributed by atoms with Gasteiger partial charge in [0.15, 0.2) is 0 Å². The molecule has 25 heavy (non-hydrogen) atoms. The van der Waals surface area contributed by atoms with Crippen molar-refractivity contribution in [3.63, 3.8) is 0 Å². The summed E-state index contributed by atoms with van der Waals surface area (Å²) in [7, 11) is 0. The molecule has 136 valence electrons. The summed E-state index contributed by atoms with van der Waals surface area (Å²) in [6.45, 7) is 0. The number of carbonyl (C=O) groups excluding carboxylic acids is 2. The van der Waals surface area contributed by atoms with Gasteiger partial charge in [-0.25, -0.2) is 0 Å². The maximum absolute atomic E-state index is 12.5. The molecule has 3 fully saturated rings. The van der Waals surface area contributed by atoms with E-state index in [2.05, 4.69) is 16.0 Å². The van der Waals surface area contributed by atoms with Crippen molar-refractivity contribution in [2.24, 2.45) is 5.92 Å². The van der Waals surface area contributed by atoms with Crippen molar-refractivity contribution in [1.29, 1.82) is 0 Å². The number of para-hydroxylation sites is 1. The first kappa shape index (κ1) is 18.2. The van der Waals surface area contributed by atoms with Gasteiger partial charge in [-0.15, -0.1) is 12.4 Å². The van der Waals surface area contributed by atoms with Crippen molar-refractivity contribution >= 4 is 29.9 Å². The summed E-state index contributed by atoms with van der Waals surface area (Å²) in [4.78, 5) is 24.8. The molecule has 0 spiro atoms. The van der Waals surface area contributed by atoms with Crippen LogP contribution in [0.2, 0.25) is 0 Å². The SMILES string of the molecule is Cl.O=C(CC1CC2CCC(C1)N2)Nc1ccccc1C(=O)NC1CC1. The predicted molar refractivity (Wildman–Crippen MR) is 100 cm³/mol. The molecule has 3 N–H and O–H groups in total. The summed E-state index contributed by atoms with van der Waals surface area (Å²) in [5.74, 6) is 0.387. The molecule has 1 aliphatic carbocycles. The third kappa shape index (κ3) is 4.53. The maximum atomic E-state index is 12.5. The van der Waals surface area contributed by atoms with E-state index in [1.54, 1.807) is 6.07 Å². The number of amides is 2. The van der Waals surface area contributed by atoms with E-state index < -0.39 is 0 Å². The highest BCUT2D eigenvalue weighted by Gasteiger charge is 2.34. The van der Waals surface area contributed by atoms with Crippen LogP contribution >= 0.6 is 12.4 Å². The Kier molecular flexibility index (Phi) is 5.64. The van der Waals surface area contributed by atoms with Gasteiger partial charge < -0.3 is 16.0 Å². The fourth-order valence-corrected chi connectivity index (χ4v) is 4.09. The van der Waals surface area contributed by atoms with Gasteiger partial charge in [-0.2, -0.15) is 0 Å². The molecule has 2 bridgehead atoms. The summed E-state index contributed by atoms with van der Waals surface area (Å²) in [6.07, 6.45) is 7.32. The second kappa shape index (κ2) is 7.75. The average molecular weight is 364 g/mol. The summed E-state index contributed by atoms with van der Waals surface area (Å²) >= 11 is 0. The van der Waals surface area contributed by atoms with Crippen molar-refractivity contribution in [2.75, 3.05) is 5.32 Å². The van der Waals surface area contributed by atoms with Gasteiger partial charge in [0.05, 0.1) is 11.3 Å². The normalized spacial score (nSPS) is 27.3. The topological polar surface area (TPSA) is 70.2 Å². The number of fused-ring (bicyclic) bond motifs is 2. The lowest BCUT2D eigenvalue weighted by Crippen LogP contribution is -2.39. The Morgan fingerprint density at radius 2 is 1.72 bits per heavy atom. The van der Waals surface area contributed by atoms with Crippen molar-refractivity contribution < 1.29 is 9.59 Å². The molecule has 2 atom stereocenters. The van der Waals surface area contributed by atoms with Crippen LogP contribution in [0.15, 0.2) is 24.3 Å². The van der Waals surface area contributed by atoms with E-state index in [-0.39, 0.29) is 24.2 Å². The molecule has 0 radical (unpaired) electrons. The van der Waals surface area contributed by atoms with Gasteiger partial charge in [0.25, 0.3) is 5.91 Å². The molecule has 6 heteroatoms. The monoisotopic (exact) mass is 363 g/mol. The number of hydrogen-bond acceptors (Lipinski definition) is 3. The number of halogens is 1. The van der Waals surface area contributed by atoms with E-state index in [4.69, 9.17) is 0 Å².